The number of carbonyl (C=O) groups is 1. The van der Waals surface area contributed by atoms with E-state index in [-0.39, 0.29) is 6.61 Å². The second-order valence-corrected chi connectivity index (χ2v) is 4.99. The molecule has 0 aliphatic rings. The molecule has 19 heavy (non-hydrogen) atoms. The van der Waals surface area contributed by atoms with Crippen molar-refractivity contribution in [2.45, 2.75) is 13.5 Å². The van der Waals surface area contributed by atoms with E-state index in [0.717, 1.165) is 10.7 Å². The number of ether oxygens (including phenoxy) is 2. The Morgan fingerprint density at radius 3 is 2.84 bits per heavy atom. The number of carbonyl (C=O) groups excluding carboxylic acids is 1. The molecular formula is C13H14N2O3S. The number of nitrogens with zero attached hydrogens (tertiary/aromatic N) is 1. The lowest BCUT2D eigenvalue weighted by molar-refractivity contribution is 0.0468. The number of benzene rings is 1. The molecular weight excluding hydrogens is 264 g/mol. The van der Waals surface area contributed by atoms with Crippen molar-refractivity contribution in [3.8, 4) is 5.75 Å². The van der Waals surface area contributed by atoms with Crippen LogP contribution in [0.2, 0.25) is 0 Å². The summed E-state index contributed by atoms with van der Waals surface area (Å²) in [5.41, 5.74) is 7.25. The predicted octanol–water partition coefficient (Wildman–Crippen LogP) is 2.40. The summed E-state index contributed by atoms with van der Waals surface area (Å²) in [5, 5.41) is 2.81. The van der Waals surface area contributed by atoms with Crippen LogP contribution in [0, 0.1) is 6.92 Å². The third-order valence-electron chi connectivity index (χ3n) is 2.42. The van der Waals surface area contributed by atoms with Crippen molar-refractivity contribution in [1.82, 2.24) is 4.98 Å². The van der Waals surface area contributed by atoms with Crippen LogP contribution in [0.3, 0.4) is 0 Å². The van der Waals surface area contributed by atoms with E-state index in [4.69, 9.17) is 15.2 Å². The molecule has 1 aromatic heterocycles. The molecule has 6 heteroatoms. The van der Waals surface area contributed by atoms with E-state index < -0.39 is 5.97 Å². The van der Waals surface area contributed by atoms with Gasteiger partial charge in [0.05, 0.1) is 23.4 Å². The summed E-state index contributed by atoms with van der Waals surface area (Å²) in [6.45, 7) is 2.05. The molecule has 2 aromatic rings. The molecule has 2 rings (SSSR count). The highest BCUT2D eigenvalue weighted by Crippen LogP contribution is 2.19. The van der Waals surface area contributed by atoms with Crippen molar-refractivity contribution in [2.24, 2.45) is 0 Å². The normalized spacial score (nSPS) is 10.2. The lowest BCUT2D eigenvalue weighted by atomic mass is 10.2. The van der Waals surface area contributed by atoms with Gasteiger partial charge in [0.1, 0.15) is 12.4 Å². The topological polar surface area (TPSA) is 74.4 Å². The van der Waals surface area contributed by atoms with Gasteiger partial charge in [-0.15, -0.1) is 11.3 Å². The highest BCUT2D eigenvalue weighted by atomic mass is 32.1. The van der Waals surface area contributed by atoms with Gasteiger partial charge in [-0.25, -0.2) is 9.78 Å². The van der Waals surface area contributed by atoms with Crippen molar-refractivity contribution in [3.63, 3.8) is 0 Å². The Hall–Kier alpha value is -2.08. The van der Waals surface area contributed by atoms with Crippen molar-refractivity contribution < 1.29 is 14.3 Å². The van der Waals surface area contributed by atoms with Crippen LogP contribution < -0.4 is 10.5 Å². The van der Waals surface area contributed by atoms with Crippen LogP contribution in [-0.4, -0.2) is 18.1 Å². The average molecular weight is 278 g/mol. The standard InChI is InChI=1S/C13H14N2O3S/c1-8-15-11(7-19-8)6-18-13(16)9-3-10(14)5-12(4-9)17-2/h3-5,7H,6,14H2,1-2H3. The Kier molecular flexibility index (Phi) is 4.01. The number of methoxy groups -OCH3 is 1. The van der Waals surface area contributed by atoms with Crippen LogP contribution in [0.1, 0.15) is 21.1 Å². The van der Waals surface area contributed by atoms with Gasteiger partial charge >= 0.3 is 5.97 Å². The number of aromatic nitrogens is 1. The van der Waals surface area contributed by atoms with Crippen LogP contribution in [0.15, 0.2) is 23.6 Å². The zero-order valence-electron chi connectivity index (χ0n) is 10.7. The van der Waals surface area contributed by atoms with E-state index >= 15 is 0 Å². The molecule has 2 N–H and O–H groups in total. The summed E-state index contributed by atoms with van der Waals surface area (Å²) in [7, 11) is 1.52. The zero-order valence-corrected chi connectivity index (χ0v) is 11.5. The molecule has 1 aromatic carbocycles. The highest BCUT2D eigenvalue weighted by molar-refractivity contribution is 7.09. The number of nitrogen functional groups attached to an aromatic ring is 1. The molecule has 0 radical (unpaired) electrons. The number of rotatable bonds is 4. The van der Waals surface area contributed by atoms with Gasteiger partial charge in [0.15, 0.2) is 0 Å². The monoisotopic (exact) mass is 278 g/mol. The lowest BCUT2D eigenvalue weighted by Crippen LogP contribution is -2.06. The van der Waals surface area contributed by atoms with Crippen molar-refractivity contribution in [1.29, 1.82) is 0 Å². The minimum Gasteiger partial charge on any atom is -0.497 e. The van der Waals surface area contributed by atoms with Crippen LogP contribution >= 0.6 is 11.3 Å². The SMILES string of the molecule is COc1cc(N)cc(C(=O)OCc2csc(C)n2)c1. The molecule has 0 saturated carbocycles. The van der Waals surface area contributed by atoms with Gasteiger partial charge in [-0.1, -0.05) is 0 Å². The van der Waals surface area contributed by atoms with E-state index in [9.17, 15) is 4.79 Å². The second kappa shape index (κ2) is 5.71. The van der Waals surface area contributed by atoms with E-state index in [1.807, 2.05) is 12.3 Å². The molecule has 1 heterocycles. The molecule has 100 valence electrons. The van der Waals surface area contributed by atoms with Gasteiger partial charge in [-0.05, 0) is 19.1 Å². The van der Waals surface area contributed by atoms with E-state index in [0.29, 0.717) is 17.0 Å². The van der Waals surface area contributed by atoms with Gasteiger partial charge in [0, 0.05) is 17.1 Å². The first-order valence-corrected chi connectivity index (χ1v) is 6.49. The minimum absolute atomic E-state index is 0.153. The van der Waals surface area contributed by atoms with Crippen LogP contribution in [0.25, 0.3) is 0 Å². The first kappa shape index (κ1) is 13.4. The van der Waals surface area contributed by atoms with Gasteiger partial charge in [0.2, 0.25) is 0 Å². The Morgan fingerprint density at radius 1 is 1.42 bits per heavy atom. The quantitative estimate of drug-likeness (QED) is 0.686. The number of thiazole rings is 1. The van der Waals surface area contributed by atoms with Gasteiger partial charge in [-0.2, -0.15) is 0 Å². The molecule has 0 amide bonds. The number of hydrogen-bond acceptors (Lipinski definition) is 6. The Morgan fingerprint density at radius 2 is 2.21 bits per heavy atom. The summed E-state index contributed by atoms with van der Waals surface area (Å²) in [4.78, 5) is 16.1. The highest BCUT2D eigenvalue weighted by Gasteiger charge is 2.11. The van der Waals surface area contributed by atoms with Crippen molar-refractivity contribution in [2.75, 3.05) is 12.8 Å². The molecule has 5 nitrogen and oxygen atoms in total. The third-order valence-corrected chi connectivity index (χ3v) is 3.24. The predicted molar refractivity (Wildman–Crippen MR) is 73.4 cm³/mol. The smallest absolute Gasteiger partial charge is 0.338 e. The van der Waals surface area contributed by atoms with Gasteiger partial charge in [-0.3, -0.25) is 0 Å². The first-order valence-electron chi connectivity index (χ1n) is 5.61. The van der Waals surface area contributed by atoms with Gasteiger partial charge < -0.3 is 15.2 Å². The Labute approximate surface area is 115 Å². The summed E-state index contributed by atoms with van der Waals surface area (Å²) in [6.07, 6.45) is 0. The van der Waals surface area contributed by atoms with Crippen LogP contribution in [0.5, 0.6) is 5.75 Å². The minimum atomic E-state index is -0.448. The molecule has 0 saturated heterocycles. The summed E-state index contributed by atoms with van der Waals surface area (Å²) < 4.78 is 10.2. The molecule has 0 unspecified atom stereocenters. The average Bonchev–Trinajstić information content (AvgIpc) is 2.81. The number of esters is 1. The van der Waals surface area contributed by atoms with Gasteiger partial charge in [0.25, 0.3) is 0 Å². The maximum atomic E-state index is 11.9. The lowest BCUT2D eigenvalue weighted by Gasteiger charge is -2.06. The Balaban J connectivity index is 2.05. The van der Waals surface area contributed by atoms with Crippen molar-refractivity contribution >= 4 is 23.0 Å². The van der Waals surface area contributed by atoms with Crippen LogP contribution in [0.4, 0.5) is 5.69 Å². The molecule has 0 bridgehead atoms. The molecule has 0 aliphatic heterocycles. The Bertz CT molecular complexity index is 595. The van der Waals surface area contributed by atoms with E-state index in [1.54, 1.807) is 18.2 Å². The summed E-state index contributed by atoms with van der Waals surface area (Å²) in [6, 6.07) is 4.78. The third kappa shape index (κ3) is 3.45. The van der Waals surface area contributed by atoms with E-state index in [1.165, 1.54) is 18.4 Å². The summed E-state index contributed by atoms with van der Waals surface area (Å²) >= 11 is 1.52. The molecule has 0 fully saturated rings. The van der Waals surface area contributed by atoms with Crippen LogP contribution in [-0.2, 0) is 11.3 Å². The number of aryl methyl sites for hydroxylation is 1. The van der Waals surface area contributed by atoms with E-state index in [2.05, 4.69) is 4.98 Å². The number of anilines is 1. The summed E-state index contributed by atoms with van der Waals surface area (Å²) in [5.74, 6) is 0.0766. The zero-order chi connectivity index (χ0) is 13.8. The van der Waals surface area contributed by atoms with Crippen molar-refractivity contribution in [3.05, 3.63) is 39.8 Å². The largest absolute Gasteiger partial charge is 0.497 e. The maximum Gasteiger partial charge on any atom is 0.338 e. The molecule has 0 atom stereocenters. The molecule has 0 spiro atoms. The fourth-order valence-electron chi connectivity index (χ4n) is 1.56. The number of hydrogen-bond donors (Lipinski definition) is 1. The molecule has 0 aliphatic carbocycles. The first-order chi connectivity index (χ1) is 9.08. The second-order valence-electron chi connectivity index (χ2n) is 3.93. The number of nitrogens with two attached hydrogens (primary N) is 1. The maximum absolute atomic E-state index is 11.9. The fraction of sp³-hybridized carbons (Fsp3) is 0.231. The fourth-order valence-corrected chi connectivity index (χ4v) is 2.15.